The highest BCUT2D eigenvalue weighted by molar-refractivity contribution is 9.10. The van der Waals surface area contributed by atoms with Gasteiger partial charge in [0.05, 0.1) is 30.8 Å². The first-order chi connectivity index (χ1) is 10.7. The fourth-order valence-electron chi connectivity index (χ4n) is 2.49. The van der Waals surface area contributed by atoms with Crippen molar-refractivity contribution < 1.29 is 9.13 Å². The summed E-state index contributed by atoms with van der Waals surface area (Å²) in [6.07, 6.45) is 5.57. The number of ether oxygens (including phenoxy) is 1. The quantitative estimate of drug-likeness (QED) is 0.668. The van der Waals surface area contributed by atoms with Crippen LogP contribution in [-0.4, -0.2) is 26.7 Å². The van der Waals surface area contributed by atoms with Crippen molar-refractivity contribution in [2.24, 2.45) is 0 Å². The Morgan fingerprint density at radius 1 is 1.32 bits per heavy atom. The van der Waals surface area contributed by atoms with Crippen LogP contribution in [0.5, 0.6) is 5.75 Å². The van der Waals surface area contributed by atoms with Crippen LogP contribution < -0.4 is 4.74 Å². The zero-order valence-electron chi connectivity index (χ0n) is 11.8. The number of fused-ring (bicyclic) bond motifs is 1. The van der Waals surface area contributed by atoms with Crippen LogP contribution in [0.25, 0.3) is 16.9 Å². The Morgan fingerprint density at radius 2 is 2.14 bits per heavy atom. The summed E-state index contributed by atoms with van der Waals surface area (Å²) in [5.41, 5.74) is 2.31. The van der Waals surface area contributed by atoms with Gasteiger partial charge < -0.3 is 4.74 Å². The van der Waals surface area contributed by atoms with E-state index >= 15 is 0 Å². The zero-order chi connectivity index (χ0) is 15.3. The van der Waals surface area contributed by atoms with Gasteiger partial charge in [-0.25, -0.2) is 18.9 Å². The summed E-state index contributed by atoms with van der Waals surface area (Å²) < 4.78 is 21.7. The first-order valence-corrected chi connectivity index (χ1v) is 7.71. The standard InChI is InChI=1S/C15H12BrFN4O/c1-22-11-7-21-15(20-13(11)8-2-3-8)9(6-18-21)14-10(17)4-5-12(16)19-14/h4-8H,2-3H2,1H3. The molecule has 0 atom stereocenters. The van der Waals surface area contributed by atoms with E-state index in [1.54, 1.807) is 30.1 Å². The lowest BCUT2D eigenvalue weighted by molar-refractivity contribution is 0.403. The molecule has 0 N–H and O–H groups in total. The van der Waals surface area contributed by atoms with Crippen LogP contribution in [0.1, 0.15) is 24.5 Å². The lowest BCUT2D eigenvalue weighted by Crippen LogP contribution is -2.00. The van der Waals surface area contributed by atoms with E-state index in [0.717, 1.165) is 18.5 Å². The molecule has 1 aliphatic carbocycles. The third-order valence-electron chi connectivity index (χ3n) is 3.74. The number of hydrogen-bond acceptors (Lipinski definition) is 4. The predicted octanol–water partition coefficient (Wildman–Crippen LogP) is 3.58. The lowest BCUT2D eigenvalue weighted by Gasteiger charge is -2.08. The van der Waals surface area contributed by atoms with E-state index < -0.39 is 5.82 Å². The molecule has 0 unspecified atom stereocenters. The highest BCUT2D eigenvalue weighted by atomic mass is 79.9. The molecule has 3 heterocycles. The van der Waals surface area contributed by atoms with Crippen LogP contribution in [0.3, 0.4) is 0 Å². The first kappa shape index (κ1) is 13.6. The molecular formula is C15H12BrFN4O. The van der Waals surface area contributed by atoms with Crippen molar-refractivity contribution in [1.82, 2.24) is 19.6 Å². The Labute approximate surface area is 134 Å². The smallest absolute Gasteiger partial charge is 0.165 e. The summed E-state index contributed by atoms with van der Waals surface area (Å²) in [6, 6.07) is 2.94. The molecule has 1 aliphatic rings. The van der Waals surface area contributed by atoms with Crippen molar-refractivity contribution in [2.75, 3.05) is 7.11 Å². The number of aromatic nitrogens is 4. The van der Waals surface area contributed by atoms with Crippen molar-refractivity contribution in [2.45, 2.75) is 18.8 Å². The fourth-order valence-corrected chi connectivity index (χ4v) is 2.80. The second-order valence-electron chi connectivity index (χ2n) is 5.26. The maximum absolute atomic E-state index is 14.1. The Balaban J connectivity index is 1.95. The van der Waals surface area contributed by atoms with E-state index in [9.17, 15) is 4.39 Å². The molecule has 0 aliphatic heterocycles. The number of pyridine rings is 1. The highest BCUT2D eigenvalue weighted by Crippen LogP contribution is 2.43. The van der Waals surface area contributed by atoms with Crippen molar-refractivity contribution in [3.05, 3.63) is 40.6 Å². The predicted molar refractivity (Wildman–Crippen MR) is 82.4 cm³/mol. The van der Waals surface area contributed by atoms with Gasteiger partial charge in [0.25, 0.3) is 0 Å². The van der Waals surface area contributed by atoms with Crippen LogP contribution in [0.2, 0.25) is 0 Å². The average molecular weight is 363 g/mol. The van der Waals surface area contributed by atoms with Gasteiger partial charge in [-0.05, 0) is 40.9 Å². The van der Waals surface area contributed by atoms with Gasteiger partial charge in [-0.3, -0.25) is 0 Å². The summed E-state index contributed by atoms with van der Waals surface area (Å²) in [5.74, 6) is 0.735. The van der Waals surface area contributed by atoms with Gasteiger partial charge >= 0.3 is 0 Å². The molecule has 4 rings (SSSR count). The van der Waals surface area contributed by atoms with E-state index in [1.807, 2.05) is 0 Å². The van der Waals surface area contributed by atoms with Crippen LogP contribution in [-0.2, 0) is 0 Å². The van der Waals surface area contributed by atoms with Crippen LogP contribution >= 0.6 is 15.9 Å². The minimum Gasteiger partial charge on any atom is -0.493 e. The molecule has 7 heteroatoms. The van der Waals surface area contributed by atoms with Crippen LogP contribution in [0.4, 0.5) is 4.39 Å². The number of rotatable bonds is 3. The van der Waals surface area contributed by atoms with Gasteiger partial charge in [-0.1, -0.05) is 0 Å². The van der Waals surface area contributed by atoms with Gasteiger partial charge in [0, 0.05) is 5.92 Å². The Morgan fingerprint density at radius 3 is 2.86 bits per heavy atom. The molecule has 112 valence electrons. The van der Waals surface area contributed by atoms with Gasteiger partial charge in [0.2, 0.25) is 0 Å². The number of methoxy groups -OCH3 is 1. The summed E-state index contributed by atoms with van der Waals surface area (Å²) in [5, 5.41) is 4.25. The lowest BCUT2D eigenvalue weighted by atomic mass is 10.2. The Kier molecular flexibility index (Phi) is 3.11. The average Bonchev–Trinajstić information content (AvgIpc) is 3.29. The summed E-state index contributed by atoms with van der Waals surface area (Å²) in [7, 11) is 1.62. The van der Waals surface area contributed by atoms with Crippen LogP contribution in [0.15, 0.2) is 29.1 Å². The molecule has 0 aromatic carbocycles. The van der Waals surface area contributed by atoms with E-state index in [2.05, 4.69) is 31.0 Å². The fraction of sp³-hybridized carbons (Fsp3) is 0.267. The number of halogens is 2. The van der Waals surface area contributed by atoms with Crippen molar-refractivity contribution in [3.63, 3.8) is 0 Å². The molecule has 5 nitrogen and oxygen atoms in total. The topological polar surface area (TPSA) is 52.3 Å². The van der Waals surface area contributed by atoms with Crippen molar-refractivity contribution in [3.8, 4) is 17.0 Å². The zero-order valence-corrected chi connectivity index (χ0v) is 13.3. The Bertz CT molecular complexity index is 875. The molecule has 0 radical (unpaired) electrons. The third kappa shape index (κ3) is 2.16. The minimum absolute atomic E-state index is 0.240. The second-order valence-corrected chi connectivity index (χ2v) is 6.07. The van der Waals surface area contributed by atoms with Crippen molar-refractivity contribution in [1.29, 1.82) is 0 Å². The molecule has 22 heavy (non-hydrogen) atoms. The van der Waals surface area contributed by atoms with Gasteiger partial charge in [-0.15, -0.1) is 0 Å². The summed E-state index contributed by atoms with van der Waals surface area (Å²) >= 11 is 3.27. The largest absolute Gasteiger partial charge is 0.493 e. The van der Waals surface area contributed by atoms with E-state index in [0.29, 0.717) is 27.5 Å². The second kappa shape index (κ2) is 5.01. The molecule has 3 aromatic rings. The van der Waals surface area contributed by atoms with Gasteiger partial charge in [-0.2, -0.15) is 5.10 Å². The normalized spacial score (nSPS) is 14.5. The minimum atomic E-state index is -0.399. The Hall–Kier alpha value is -2.02. The maximum Gasteiger partial charge on any atom is 0.165 e. The van der Waals surface area contributed by atoms with Crippen LogP contribution in [0, 0.1) is 5.82 Å². The molecule has 0 amide bonds. The summed E-state index contributed by atoms with van der Waals surface area (Å²) in [4.78, 5) is 8.88. The maximum atomic E-state index is 14.1. The number of nitrogens with zero attached hydrogens (tertiary/aromatic N) is 4. The first-order valence-electron chi connectivity index (χ1n) is 6.92. The molecule has 1 fully saturated rings. The number of hydrogen-bond donors (Lipinski definition) is 0. The van der Waals surface area contributed by atoms with Gasteiger partial charge in [0.1, 0.15) is 16.1 Å². The molecule has 3 aromatic heterocycles. The van der Waals surface area contributed by atoms with Crippen molar-refractivity contribution >= 4 is 21.6 Å². The van der Waals surface area contributed by atoms with Gasteiger partial charge in [0.15, 0.2) is 11.4 Å². The SMILES string of the molecule is COc1cn2ncc(-c3nc(Br)ccc3F)c2nc1C1CC1. The van der Waals surface area contributed by atoms with E-state index in [1.165, 1.54) is 6.07 Å². The molecule has 0 bridgehead atoms. The van der Waals surface area contributed by atoms with E-state index in [-0.39, 0.29) is 5.69 Å². The molecular weight excluding hydrogens is 351 g/mol. The highest BCUT2D eigenvalue weighted by Gasteiger charge is 2.29. The molecule has 0 spiro atoms. The van der Waals surface area contributed by atoms with E-state index in [4.69, 9.17) is 4.74 Å². The summed E-state index contributed by atoms with van der Waals surface area (Å²) in [6.45, 7) is 0. The molecule has 0 saturated heterocycles. The monoisotopic (exact) mass is 362 g/mol. The molecule has 1 saturated carbocycles. The third-order valence-corrected chi connectivity index (χ3v) is 4.18.